The van der Waals surface area contributed by atoms with Crippen molar-refractivity contribution in [1.82, 2.24) is 5.32 Å². The van der Waals surface area contributed by atoms with Crippen molar-refractivity contribution >= 4 is 23.0 Å². The van der Waals surface area contributed by atoms with E-state index in [2.05, 4.69) is 10.2 Å². The fourth-order valence-electron chi connectivity index (χ4n) is 2.34. The number of hydrogen-bond acceptors (Lipinski definition) is 4. The highest BCUT2D eigenvalue weighted by Gasteiger charge is 2.24. The van der Waals surface area contributed by atoms with E-state index in [0.717, 1.165) is 25.9 Å². The second kappa shape index (κ2) is 5.54. The summed E-state index contributed by atoms with van der Waals surface area (Å²) in [6.45, 7) is 1.64. The molecule has 0 radical (unpaired) electrons. The maximum Gasteiger partial charge on any atom is 0.294 e. The van der Waals surface area contributed by atoms with Gasteiger partial charge in [0.05, 0.1) is 4.92 Å². The van der Waals surface area contributed by atoms with Crippen LogP contribution in [0.25, 0.3) is 0 Å². The van der Waals surface area contributed by atoms with E-state index in [9.17, 15) is 10.1 Å². The van der Waals surface area contributed by atoms with Crippen LogP contribution in [-0.4, -0.2) is 31.1 Å². The molecule has 98 valence electrons. The molecule has 0 bridgehead atoms. The predicted octanol–water partition coefficient (Wildman–Crippen LogP) is 2.44. The highest BCUT2D eigenvalue weighted by Crippen LogP contribution is 2.32. The monoisotopic (exact) mass is 269 g/mol. The van der Waals surface area contributed by atoms with Crippen LogP contribution in [0.3, 0.4) is 0 Å². The number of benzene rings is 1. The maximum atomic E-state index is 11.1. The molecule has 1 fully saturated rings. The van der Waals surface area contributed by atoms with E-state index < -0.39 is 0 Å². The Kier molecular flexibility index (Phi) is 4.04. The summed E-state index contributed by atoms with van der Waals surface area (Å²) in [6.07, 6.45) is 2.14. The molecule has 0 saturated carbocycles. The van der Waals surface area contributed by atoms with E-state index in [0.29, 0.717) is 16.8 Å². The first-order valence-electron chi connectivity index (χ1n) is 5.98. The first kappa shape index (κ1) is 13.1. The Bertz CT molecular complexity index is 453. The molecule has 1 atom stereocenters. The number of likely N-dealkylation sites (N-methyl/N-ethyl adjacent to an activating group) is 1. The minimum atomic E-state index is -0.371. The van der Waals surface area contributed by atoms with E-state index in [4.69, 9.17) is 11.6 Å². The maximum absolute atomic E-state index is 11.1. The van der Waals surface area contributed by atoms with Gasteiger partial charge in [0.25, 0.3) is 5.69 Å². The Morgan fingerprint density at radius 3 is 3.00 bits per heavy atom. The second-order valence-electron chi connectivity index (χ2n) is 4.46. The van der Waals surface area contributed by atoms with Gasteiger partial charge in [0, 0.05) is 30.2 Å². The quantitative estimate of drug-likeness (QED) is 0.676. The van der Waals surface area contributed by atoms with E-state index in [1.807, 2.05) is 7.05 Å². The minimum Gasteiger partial charge on any atom is -0.364 e. The zero-order valence-electron chi connectivity index (χ0n) is 10.2. The number of rotatable bonds is 3. The van der Waals surface area contributed by atoms with Gasteiger partial charge in [-0.2, -0.15) is 0 Å². The van der Waals surface area contributed by atoms with Crippen molar-refractivity contribution in [2.75, 3.05) is 25.0 Å². The molecule has 6 heteroatoms. The molecule has 1 N–H and O–H groups in total. The molecular formula is C12H16ClN3O2. The third-order valence-corrected chi connectivity index (χ3v) is 3.54. The lowest BCUT2D eigenvalue weighted by Gasteiger charge is -2.33. The van der Waals surface area contributed by atoms with Crippen molar-refractivity contribution in [3.05, 3.63) is 33.3 Å². The number of piperidine rings is 1. The average molecular weight is 270 g/mol. The molecule has 1 aromatic rings. The lowest BCUT2D eigenvalue weighted by molar-refractivity contribution is -0.384. The van der Waals surface area contributed by atoms with E-state index in [-0.39, 0.29) is 10.6 Å². The Labute approximate surface area is 111 Å². The van der Waals surface area contributed by atoms with Gasteiger partial charge in [-0.05, 0) is 32.0 Å². The zero-order valence-corrected chi connectivity index (χ0v) is 11.0. The van der Waals surface area contributed by atoms with Crippen LogP contribution in [0.2, 0.25) is 5.02 Å². The Balaban J connectivity index is 2.29. The molecule has 0 aromatic heterocycles. The first-order valence-corrected chi connectivity index (χ1v) is 6.35. The fraction of sp³-hybridized carbons (Fsp3) is 0.500. The molecule has 1 aromatic carbocycles. The highest BCUT2D eigenvalue weighted by atomic mass is 35.5. The highest BCUT2D eigenvalue weighted by molar-refractivity contribution is 6.30. The van der Waals surface area contributed by atoms with E-state index >= 15 is 0 Å². The fourth-order valence-corrected chi connectivity index (χ4v) is 2.51. The molecule has 1 saturated heterocycles. The normalized spacial score (nSPS) is 19.9. The Morgan fingerprint density at radius 2 is 2.33 bits per heavy atom. The molecule has 1 heterocycles. The van der Waals surface area contributed by atoms with Crippen molar-refractivity contribution in [3.8, 4) is 0 Å². The number of halogens is 1. The first-order chi connectivity index (χ1) is 8.61. The van der Waals surface area contributed by atoms with Crippen molar-refractivity contribution < 1.29 is 4.92 Å². The summed E-state index contributed by atoms with van der Waals surface area (Å²) >= 11 is 5.82. The standard InChI is InChI=1S/C12H16ClN3O2/c1-14-10-3-2-6-15(8-10)11-5-4-9(13)7-12(11)16(17)18/h4-5,7,10,14H,2-3,6,8H2,1H3. The summed E-state index contributed by atoms with van der Waals surface area (Å²) < 4.78 is 0. The summed E-state index contributed by atoms with van der Waals surface area (Å²) in [5.41, 5.74) is 0.739. The molecule has 2 rings (SSSR count). The summed E-state index contributed by atoms with van der Waals surface area (Å²) in [5, 5.41) is 14.7. The number of anilines is 1. The van der Waals surface area contributed by atoms with Crippen molar-refractivity contribution in [3.63, 3.8) is 0 Å². The third kappa shape index (κ3) is 2.73. The van der Waals surface area contributed by atoms with Gasteiger partial charge in [0.2, 0.25) is 0 Å². The topological polar surface area (TPSA) is 58.4 Å². The molecule has 1 unspecified atom stereocenters. The van der Waals surface area contributed by atoms with Gasteiger partial charge in [-0.3, -0.25) is 10.1 Å². The van der Waals surface area contributed by atoms with Gasteiger partial charge in [0.1, 0.15) is 5.69 Å². The van der Waals surface area contributed by atoms with Gasteiger partial charge >= 0.3 is 0 Å². The second-order valence-corrected chi connectivity index (χ2v) is 4.90. The number of nitrogens with one attached hydrogen (secondary N) is 1. The van der Waals surface area contributed by atoms with Crippen molar-refractivity contribution in [2.45, 2.75) is 18.9 Å². The van der Waals surface area contributed by atoms with E-state index in [1.54, 1.807) is 12.1 Å². The average Bonchev–Trinajstić information content (AvgIpc) is 2.38. The summed E-state index contributed by atoms with van der Waals surface area (Å²) in [4.78, 5) is 12.8. The molecule has 5 nitrogen and oxygen atoms in total. The Morgan fingerprint density at radius 1 is 1.56 bits per heavy atom. The summed E-state index contributed by atoms with van der Waals surface area (Å²) in [6, 6.07) is 5.24. The SMILES string of the molecule is CNC1CCCN(c2ccc(Cl)cc2[N+](=O)[O-])C1. The number of nitro benzene ring substituents is 1. The molecule has 1 aliphatic rings. The van der Waals surface area contributed by atoms with Gasteiger partial charge in [-0.25, -0.2) is 0 Å². The van der Waals surface area contributed by atoms with Crippen LogP contribution < -0.4 is 10.2 Å². The zero-order chi connectivity index (χ0) is 13.1. The molecule has 0 amide bonds. The minimum absolute atomic E-state index is 0.0826. The van der Waals surface area contributed by atoms with Crippen LogP contribution in [0.15, 0.2) is 18.2 Å². The lowest BCUT2D eigenvalue weighted by Crippen LogP contribution is -2.44. The van der Waals surface area contributed by atoms with Crippen LogP contribution in [-0.2, 0) is 0 Å². The van der Waals surface area contributed by atoms with Crippen LogP contribution in [0, 0.1) is 10.1 Å². The smallest absolute Gasteiger partial charge is 0.294 e. The molecular weight excluding hydrogens is 254 g/mol. The van der Waals surface area contributed by atoms with E-state index in [1.165, 1.54) is 6.07 Å². The molecule has 0 aliphatic carbocycles. The van der Waals surface area contributed by atoms with Crippen molar-refractivity contribution in [1.29, 1.82) is 0 Å². The predicted molar refractivity (Wildman–Crippen MR) is 72.4 cm³/mol. The van der Waals surface area contributed by atoms with Gasteiger partial charge in [-0.15, -0.1) is 0 Å². The third-order valence-electron chi connectivity index (χ3n) is 3.30. The Hall–Kier alpha value is -1.33. The van der Waals surface area contributed by atoms with Crippen LogP contribution in [0.5, 0.6) is 0 Å². The number of hydrogen-bond donors (Lipinski definition) is 1. The van der Waals surface area contributed by atoms with Crippen molar-refractivity contribution in [2.24, 2.45) is 0 Å². The van der Waals surface area contributed by atoms with Crippen LogP contribution in [0.4, 0.5) is 11.4 Å². The summed E-state index contributed by atoms with van der Waals surface area (Å²) in [7, 11) is 1.92. The van der Waals surface area contributed by atoms with Gasteiger partial charge < -0.3 is 10.2 Å². The number of nitro groups is 1. The van der Waals surface area contributed by atoms with Gasteiger partial charge in [0.15, 0.2) is 0 Å². The molecule has 18 heavy (non-hydrogen) atoms. The van der Waals surface area contributed by atoms with Gasteiger partial charge in [-0.1, -0.05) is 11.6 Å². The van der Waals surface area contributed by atoms with Crippen LogP contribution >= 0.6 is 11.6 Å². The number of nitrogens with zero attached hydrogens (tertiary/aromatic N) is 2. The largest absolute Gasteiger partial charge is 0.364 e. The molecule has 0 spiro atoms. The van der Waals surface area contributed by atoms with Crippen LogP contribution in [0.1, 0.15) is 12.8 Å². The molecule has 1 aliphatic heterocycles. The summed E-state index contributed by atoms with van der Waals surface area (Å²) in [5.74, 6) is 0. The lowest BCUT2D eigenvalue weighted by atomic mass is 10.0.